The second-order valence-corrected chi connectivity index (χ2v) is 4.05. The molecule has 3 nitrogen and oxygen atoms in total. The summed E-state index contributed by atoms with van der Waals surface area (Å²) in [6, 6.07) is 13.0. The van der Waals surface area contributed by atoms with Crippen molar-refractivity contribution in [2.75, 3.05) is 5.32 Å². The summed E-state index contributed by atoms with van der Waals surface area (Å²) in [6.45, 7) is 1.98. The second-order valence-electron chi connectivity index (χ2n) is 4.05. The van der Waals surface area contributed by atoms with Crippen LogP contribution >= 0.6 is 0 Å². The number of fused-ring (bicyclic) bond motifs is 2. The summed E-state index contributed by atoms with van der Waals surface area (Å²) in [7, 11) is 0. The topological polar surface area (TPSA) is 38.3 Å². The standard InChI is InChI=1S/C14H11NO2/c1-9-6-7-13-11(8-9)15-14(16)10-4-2-3-5-12(10)17-13/h2-8H,1H3,(H,15,16). The van der Waals surface area contributed by atoms with Crippen LogP contribution in [0.4, 0.5) is 5.69 Å². The summed E-state index contributed by atoms with van der Waals surface area (Å²) in [5.74, 6) is 1.13. The number of nitrogens with one attached hydrogen (secondary N) is 1. The summed E-state index contributed by atoms with van der Waals surface area (Å²) >= 11 is 0. The molecule has 1 N–H and O–H groups in total. The number of anilines is 1. The van der Waals surface area contributed by atoms with E-state index >= 15 is 0 Å². The molecule has 2 aromatic rings. The minimum Gasteiger partial charge on any atom is -0.454 e. The lowest BCUT2D eigenvalue weighted by molar-refractivity contribution is 0.102. The van der Waals surface area contributed by atoms with Crippen molar-refractivity contribution in [3.63, 3.8) is 0 Å². The molecule has 1 aliphatic heterocycles. The number of aryl methyl sites for hydroxylation is 1. The monoisotopic (exact) mass is 225 g/mol. The Morgan fingerprint density at radius 1 is 1.06 bits per heavy atom. The number of hydrogen-bond donors (Lipinski definition) is 1. The fraction of sp³-hybridized carbons (Fsp3) is 0.0714. The van der Waals surface area contributed by atoms with E-state index in [0.717, 1.165) is 5.56 Å². The van der Waals surface area contributed by atoms with Gasteiger partial charge in [-0.05, 0) is 36.8 Å². The van der Waals surface area contributed by atoms with Gasteiger partial charge in [-0.2, -0.15) is 0 Å². The third kappa shape index (κ3) is 1.65. The largest absolute Gasteiger partial charge is 0.454 e. The van der Waals surface area contributed by atoms with Crippen LogP contribution in [0.2, 0.25) is 0 Å². The highest BCUT2D eigenvalue weighted by Gasteiger charge is 2.19. The first-order chi connectivity index (χ1) is 8.24. The van der Waals surface area contributed by atoms with Crippen LogP contribution in [0.15, 0.2) is 42.5 Å². The third-order valence-corrected chi connectivity index (χ3v) is 2.73. The minimum atomic E-state index is -0.134. The Bertz CT molecular complexity index is 605. The molecular weight excluding hydrogens is 214 g/mol. The van der Waals surface area contributed by atoms with Crippen LogP contribution < -0.4 is 10.1 Å². The van der Waals surface area contributed by atoms with E-state index in [1.807, 2.05) is 37.3 Å². The van der Waals surface area contributed by atoms with E-state index in [1.54, 1.807) is 12.1 Å². The molecule has 1 amide bonds. The fourth-order valence-corrected chi connectivity index (χ4v) is 1.88. The van der Waals surface area contributed by atoms with Gasteiger partial charge in [-0.15, -0.1) is 0 Å². The molecule has 0 unspecified atom stereocenters. The summed E-state index contributed by atoms with van der Waals surface area (Å²) in [6.07, 6.45) is 0. The van der Waals surface area contributed by atoms with Gasteiger partial charge in [0, 0.05) is 0 Å². The molecule has 17 heavy (non-hydrogen) atoms. The molecule has 84 valence electrons. The molecule has 3 rings (SSSR count). The van der Waals surface area contributed by atoms with Gasteiger partial charge in [0.05, 0.1) is 11.3 Å². The fourth-order valence-electron chi connectivity index (χ4n) is 1.88. The first kappa shape index (κ1) is 9.90. The number of amides is 1. The van der Waals surface area contributed by atoms with E-state index in [0.29, 0.717) is 22.7 Å². The highest BCUT2D eigenvalue weighted by molar-refractivity contribution is 6.07. The van der Waals surface area contributed by atoms with E-state index in [1.165, 1.54) is 0 Å². The normalized spacial score (nSPS) is 12.9. The zero-order valence-electron chi connectivity index (χ0n) is 9.36. The van der Waals surface area contributed by atoms with Crippen molar-refractivity contribution < 1.29 is 9.53 Å². The molecular formula is C14H11NO2. The quantitative estimate of drug-likeness (QED) is 0.746. The molecule has 0 radical (unpaired) electrons. The van der Waals surface area contributed by atoms with Gasteiger partial charge in [-0.3, -0.25) is 4.79 Å². The van der Waals surface area contributed by atoms with Crippen molar-refractivity contribution in [1.82, 2.24) is 0 Å². The van der Waals surface area contributed by atoms with Crippen molar-refractivity contribution in [3.8, 4) is 11.5 Å². The van der Waals surface area contributed by atoms with E-state index in [4.69, 9.17) is 4.74 Å². The number of carbonyl (C=O) groups is 1. The van der Waals surface area contributed by atoms with Crippen molar-refractivity contribution in [1.29, 1.82) is 0 Å². The zero-order chi connectivity index (χ0) is 11.8. The summed E-state index contributed by atoms with van der Waals surface area (Å²) in [4.78, 5) is 12.0. The van der Waals surface area contributed by atoms with Gasteiger partial charge in [-0.1, -0.05) is 18.2 Å². The smallest absolute Gasteiger partial charge is 0.259 e. The first-order valence-corrected chi connectivity index (χ1v) is 5.43. The van der Waals surface area contributed by atoms with Gasteiger partial charge in [0.1, 0.15) is 5.75 Å². The van der Waals surface area contributed by atoms with Crippen molar-refractivity contribution in [2.45, 2.75) is 6.92 Å². The highest BCUT2D eigenvalue weighted by Crippen LogP contribution is 2.35. The maximum absolute atomic E-state index is 12.0. The Morgan fingerprint density at radius 3 is 2.76 bits per heavy atom. The molecule has 0 bridgehead atoms. The van der Waals surface area contributed by atoms with Crippen molar-refractivity contribution in [3.05, 3.63) is 53.6 Å². The average molecular weight is 225 g/mol. The Balaban J connectivity index is 2.17. The van der Waals surface area contributed by atoms with Crippen LogP contribution in [0.5, 0.6) is 11.5 Å². The lowest BCUT2D eigenvalue weighted by Gasteiger charge is -2.07. The molecule has 1 aliphatic rings. The number of carbonyl (C=O) groups excluding carboxylic acids is 1. The molecule has 0 fully saturated rings. The number of hydrogen-bond acceptors (Lipinski definition) is 2. The van der Waals surface area contributed by atoms with Gasteiger partial charge in [0.2, 0.25) is 0 Å². The first-order valence-electron chi connectivity index (χ1n) is 5.43. The third-order valence-electron chi connectivity index (χ3n) is 2.73. The minimum absolute atomic E-state index is 0.134. The number of ether oxygens (including phenoxy) is 1. The van der Waals surface area contributed by atoms with Gasteiger partial charge in [0.25, 0.3) is 5.91 Å². The van der Waals surface area contributed by atoms with Crippen LogP contribution in [0, 0.1) is 6.92 Å². The molecule has 3 heteroatoms. The summed E-state index contributed by atoms with van der Waals surface area (Å²) in [5.41, 5.74) is 2.35. The summed E-state index contributed by atoms with van der Waals surface area (Å²) < 4.78 is 5.74. The van der Waals surface area contributed by atoms with E-state index < -0.39 is 0 Å². The van der Waals surface area contributed by atoms with Crippen LogP contribution in [-0.4, -0.2) is 5.91 Å². The molecule has 1 heterocycles. The number of rotatable bonds is 0. The summed E-state index contributed by atoms with van der Waals surface area (Å²) in [5, 5.41) is 2.86. The Hall–Kier alpha value is -2.29. The van der Waals surface area contributed by atoms with Crippen LogP contribution in [0.3, 0.4) is 0 Å². The Labute approximate surface area is 99.0 Å². The molecule has 0 spiro atoms. The van der Waals surface area contributed by atoms with E-state index in [2.05, 4.69) is 5.32 Å². The van der Waals surface area contributed by atoms with Crippen molar-refractivity contribution >= 4 is 11.6 Å². The Kier molecular flexibility index (Phi) is 2.11. The highest BCUT2D eigenvalue weighted by atomic mass is 16.5. The van der Waals surface area contributed by atoms with Gasteiger partial charge < -0.3 is 10.1 Å². The molecule has 0 aliphatic carbocycles. The lowest BCUT2D eigenvalue weighted by atomic mass is 10.2. The number of para-hydroxylation sites is 1. The molecule has 2 aromatic carbocycles. The van der Waals surface area contributed by atoms with Crippen LogP contribution in [0.25, 0.3) is 0 Å². The Morgan fingerprint density at radius 2 is 1.88 bits per heavy atom. The van der Waals surface area contributed by atoms with Gasteiger partial charge >= 0.3 is 0 Å². The maximum atomic E-state index is 12.0. The van der Waals surface area contributed by atoms with Crippen LogP contribution in [0.1, 0.15) is 15.9 Å². The van der Waals surface area contributed by atoms with E-state index in [9.17, 15) is 4.79 Å². The maximum Gasteiger partial charge on any atom is 0.259 e. The molecule has 0 saturated heterocycles. The molecule has 0 atom stereocenters. The van der Waals surface area contributed by atoms with Crippen molar-refractivity contribution in [2.24, 2.45) is 0 Å². The SMILES string of the molecule is Cc1ccc2c(c1)NC(=O)c1ccccc1O2. The zero-order valence-corrected chi connectivity index (χ0v) is 9.36. The lowest BCUT2D eigenvalue weighted by Crippen LogP contribution is -2.10. The molecule has 0 saturated carbocycles. The average Bonchev–Trinajstić information content (AvgIpc) is 2.46. The number of benzene rings is 2. The second kappa shape index (κ2) is 3.63. The predicted molar refractivity (Wildman–Crippen MR) is 65.6 cm³/mol. The van der Waals surface area contributed by atoms with Gasteiger partial charge in [0.15, 0.2) is 5.75 Å². The van der Waals surface area contributed by atoms with Crippen LogP contribution in [-0.2, 0) is 0 Å². The van der Waals surface area contributed by atoms with E-state index in [-0.39, 0.29) is 5.91 Å². The molecule has 0 aromatic heterocycles. The predicted octanol–water partition coefficient (Wildman–Crippen LogP) is 3.35. The van der Waals surface area contributed by atoms with Gasteiger partial charge in [-0.25, -0.2) is 0 Å².